The number of carbonyl (C=O) groups excluding carboxylic acids is 1. The van der Waals surface area contributed by atoms with Gasteiger partial charge < -0.3 is 5.32 Å². The molecule has 0 fully saturated rings. The first-order valence-corrected chi connectivity index (χ1v) is 7.62. The summed E-state index contributed by atoms with van der Waals surface area (Å²) in [5.41, 5.74) is 0.516. The Hall–Kier alpha value is -2.48. The van der Waals surface area contributed by atoms with Crippen LogP contribution in [0.2, 0.25) is 0 Å². The molecule has 0 bridgehead atoms. The van der Waals surface area contributed by atoms with Gasteiger partial charge in [-0.05, 0) is 30.3 Å². The Balaban J connectivity index is 2.30. The van der Waals surface area contributed by atoms with Crippen molar-refractivity contribution >= 4 is 27.3 Å². The second-order valence-electron chi connectivity index (χ2n) is 4.44. The van der Waals surface area contributed by atoms with Crippen LogP contribution >= 0.6 is 0 Å². The van der Waals surface area contributed by atoms with Crippen LogP contribution in [-0.4, -0.2) is 14.3 Å². The number of hydrogen-bond acceptors (Lipinski definition) is 3. The average Bonchev–Trinajstić information content (AvgIpc) is 2.36. The molecule has 0 radical (unpaired) electrons. The van der Waals surface area contributed by atoms with Gasteiger partial charge in [0.15, 0.2) is 0 Å². The second-order valence-corrected chi connectivity index (χ2v) is 6.09. The van der Waals surface area contributed by atoms with Gasteiger partial charge in [-0.25, -0.2) is 17.2 Å². The van der Waals surface area contributed by atoms with Crippen LogP contribution < -0.4 is 10.0 Å². The first-order valence-electron chi connectivity index (χ1n) is 6.13. The van der Waals surface area contributed by atoms with Crippen molar-refractivity contribution in [1.82, 2.24) is 0 Å². The lowest BCUT2D eigenvalue weighted by Crippen LogP contribution is -2.15. The maximum Gasteiger partial charge on any atom is 0.264 e. The summed E-state index contributed by atoms with van der Waals surface area (Å²) in [6, 6.07) is 8.07. The molecule has 5 nitrogen and oxygen atoms in total. The average molecular weight is 326 g/mol. The standard InChI is InChI=1S/C14H12F2N2O3S/c1-9(19)17-11-3-2-4-12(8-11)18-22(20,21)14-6-5-10(15)7-13(14)16/h2-8,18H,1H3,(H,17,19). The fraction of sp³-hybridized carbons (Fsp3) is 0.0714. The molecular weight excluding hydrogens is 314 g/mol. The molecule has 8 heteroatoms. The number of sulfonamides is 1. The number of nitrogens with one attached hydrogen (secondary N) is 2. The van der Waals surface area contributed by atoms with Crippen molar-refractivity contribution in [2.45, 2.75) is 11.8 Å². The lowest BCUT2D eigenvalue weighted by atomic mass is 10.3. The highest BCUT2D eigenvalue weighted by Gasteiger charge is 2.19. The van der Waals surface area contributed by atoms with E-state index < -0.39 is 26.6 Å². The minimum Gasteiger partial charge on any atom is -0.326 e. The lowest BCUT2D eigenvalue weighted by molar-refractivity contribution is -0.114. The summed E-state index contributed by atoms with van der Waals surface area (Å²) in [5, 5.41) is 2.49. The van der Waals surface area contributed by atoms with E-state index in [1.807, 2.05) is 0 Å². The van der Waals surface area contributed by atoms with E-state index in [0.29, 0.717) is 11.8 Å². The zero-order valence-electron chi connectivity index (χ0n) is 11.4. The van der Waals surface area contributed by atoms with Crippen LogP contribution in [0.3, 0.4) is 0 Å². The largest absolute Gasteiger partial charge is 0.326 e. The van der Waals surface area contributed by atoms with E-state index in [-0.39, 0.29) is 11.6 Å². The van der Waals surface area contributed by atoms with E-state index >= 15 is 0 Å². The number of hydrogen-bond donors (Lipinski definition) is 2. The van der Waals surface area contributed by atoms with Gasteiger partial charge in [-0.3, -0.25) is 9.52 Å². The summed E-state index contributed by atoms with van der Waals surface area (Å²) in [4.78, 5) is 10.3. The summed E-state index contributed by atoms with van der Waals surface area (Å²) in [7, 11) is -4.21. The quantitative estimate of drug-likeness (QED) is 0.907. The topological polar surface area (TPSA) is 75.3 Å². The Morgan fingerprint density at radius 2 is 1.73 bits per heavy atom. The zero-order chi connectivity index (χ0) is 16.3. The predicted molar refractivity (Wildman–Crippen MR) is 77.9 cm³/mol. The monoisotopic (exact) mass is 326 g/mol. The minimum absolute atomic E-state index is 0.134. The van der Waals surface area contributed by atoms with E-state index in [2.05, 4.69) is 10.0 Å². The SMILES string of the molecule is CC(=O)Nc1cccc(NS(=O)(=O)c2ccc(F)cc2F)c1. The molecule has 2 rings (SSSR count). The van der Waals surface area contributed by atoms with Crippen LogP contribution in [0.15, 0.2) is 47.4 Å². The van der Waals surface area contributed by atoms with Crippen molar-refractivity contribution < 1.29 is 22.0 Å². The molecule has 0 saturated heterocycles. The molecule has 1 amide bonds. The van der Waals surface area contributed by atoms with Crippen molar-refractivity contribution in [2.75, 3.05) is 10.0 Å². The highest BCUT2D eigenvalue weighted by Crippen LogP contribution is 2.21. The summed E-state index contributed by atoms with van der Waals surface area (Å²) in [5.74, 6) is -2.38. The molecule has 0 unspecified atom stereocenters. The number of halogens is 2. The van der Waals surface area contributed by atoms with Gasteiger partial charge in [-0.15, -0.1) is 0 Å². The number of carbonyl (C=O) groups is 1. The summed E-state index contributed by atoms with van der Waals surface area (Å²) >= 11 is 0. The van der Waals surface area contributed by atoms with Crippen LogP contribution in [0, 0.1) is 11.6 Å². The van der Waals surface area contributed by atoms with Crippen molar-refractivity contribution in [3.05, 3.63) is 54.1 Å². The van der Waals surface area contributed by atoms with Gasteiger partial charge in [0.1, 0.15) is 16.5 Å². The molecule has 0 saturated carbocycles. The van der Waals surface area contributed by atoms with E-state index in [9.17, 15) is 22.0 Å². The fourth-order valence-corrected chi connectivity index (χ4v) is 2.88. The van der Waals surface area contributed by atoms with Crippen LogP contribution in [0.4, 0.5) is 20.2 Å². The Kier molecular flexibility index (Phi) is 4.41. The van der Waals surface area contributed by atoms with Crippen molar-refractivity contribution in [3.63, 3.8) is 0 Å². The number of benzene rings is 2. The third kappa shape index (κ3) is 3.79. The van der Waals surface area contributed by atoms with E-state index in [1.165, 1.54) is 25.1 Å². The van der Waals surface area contributed by atoms with E-state index in [4.69, 9.17) is 0 Å². The zero-order valence-corrected chi connectivity index (χ0v) is 12.2. The third-order valence-electron chi connectivity index (χ3n) is 2.62. The van der Waals surface area contributed by atoms with Gasteiger partial charge >= 0.3 is 0 Å². The molecule has 0 atom stereocenters. The van der Waals surface area contributed by atoms with Gasteiger partial charge in [0.25, 0.3) is 10.0 Å². The Morgan fingerprint density at radius 1 is 1.05 bits per heavy atom. The number of rotatable bonds is 4. The van der Waals surface area contributed by atoms with Crippen LogP contribution in [0.5, 0.6) is 0 Å². The van der Waals surface area contributed by atoms with Gasteiger partial charge in [0.2, 0.25) is 5.91 Å². The van der Waals surface area contributed by atoms with Crippen LogP contribution in [0.25, 0.3) is 0 Å². The van der Waals surface area contributed by atoms with Gasteiger partial charge in [0, 0.05) is 18.7 Å². The molecule has 0 aliphatic carbocycles. The van der Waals surface area contributed by atoms with Crippen LogP contribution in [0.1, 0.15) is 6.92 Å². The minimum atomic E-state index is -4.21. The molecule has 0 aliphatic rings. The number of amides is 1. The maximum absolute atomic E-state index is 13.6. The normalized spacial score (nSPS) is 11.0. The van der Waals surface area contributed by atoms with Crippen molar-refractivity contribution in [3.8, 4) is 0 Å². The third-order valence-corrected chi connectivity index (χ3v) is 4.03. The molecule has 2 aromatic carbocycles. The number of anilines is 2. The second kappa shape index (κ2) is 6.10. The molecule has 0 aromatic heterocycles. The Labute approximate surface area is 126 Å². The molecule has 0 aliphatic heterocycles. The summed E-state index contributed by atoms with van der Waals surface area (Å²) in [6.07, 6.45) is 0. The molecule has 0 spiro atoms. The van der Waals surface area contributed by atoms with Crippen LogP contribution in [-0.2, 0) is 14.8 Å². The molecule has 2 N–H and O–H groups in total. The first kappa shape index (κ1) is 15.9. The van der Waals surface area contributed by atoms with Gasteiger partial charge in [-0.1, -0.05) is 6.07 Å². The predicted octanol–water partition coefficient (Wildman–Crippen LogP) is 2.72. The van der Waals surface area contributed by atoms with Gasteiger partial charge in [0.05, 0.1) is 5.69 Å². The Bertz CT molecular complexity index is 823. The first-order chi connectivity index (χ1) is 10.3. The molecule has 2 aromatic rings. The van der Waals surface area contributed by atoms with Crippen molar-refractivity contribution in [2.24, 2.45) is 0 Å². The summed E-state index contributed by atoms with van der Waals surface area (Å²) in [6.45, 7) is 1.31. The van der Waals surface area contributed by atoms with E-state index in [1.54, 1.807) is 6.07 Å². The molecule has 0 heterocycles. The lowest BCUT2D eigenvalue weighted by Gasteiger charge is -2.10. The van der Waals surface area contributed by atoms with Gasteiger partial charge in [-0.2, -0.15) is 0 Å². The molecular formula is C14H12F2N2O3S. The highest BCUT2D eigenvalue weighted by atomic mass is 32.2. The molecule has 116 valence electrons. The smallest absolute Gasteiger partial charge is 0.264 e. The maximum atomic E-state index is 13.6. The highest BCUT2D eigenvalue weighted by molar-refractivity contribution is 7.92. The van der Waals surface area contributed by atoms with E-state index in [0.717, 1.165) is 12.1 Å². The molecule has 22 heavy (non-hydrogen) atoms. The fourth-order valence-electron chi connectivity index (χ4n) is 1.77. The summed E-state index contributed by atoms with van der Waals surface area (Å²) < 4.78 is 52.8. The Morgan fingerprint density at radius 3 is 2.36 bits per heavy atom. The van der Waals surface area contributed by atoms with Crippen molar-refractivity contribution in [1.29, 1.82) is 0 Å².